The minimum atomic E-state index is -0.0400. The lowest BCUT2D eigenvalue weighted by molar-refractivity contribution is 0.0491. The monoisotopic (exact) mass is 352 g/mol. The van der Waals surface area contributed by atoms with E-state index in [2.05, 4.69) is 29.8 Å². The van der Waals surface area contributed by atoms with Crippen LogP contribution >= 0.6 is 27.3 Å². The van der Waals surface area contributed by atoms with Crippen molar-refractivity contribution < 1.29 is 9.53 Å². The van der Waals surface area contributed by atoms with Gasteiger partial charge in [-0.05, 0) is 41.8 Å². The fraction of sp³-hybridized carbons (Fsp3) is 0.438. The van der Waals surface area contributed by atoms with E-state index in [4.69, 9.17) is 4.74 Å². The lowest BCUT2D eigenvalue weighted by Gasteiger charge is -2.16. The summed E-state index contributed by atoms with van der Waals surface area (Å²) >= 11 is 5.17. The first-order valence-corrected chi connectivity index (χ1v) is 8.53. The predicted octanol–water partition coefficient (Wildman–Crippen LogP) is 4.91. The number of hydrogen-bond acceptors (Lipinski definition) is 3. The molecule has 0 amide bonds. The van der Waals surface area contributed by atoms with E-state index in [9.17, 15) is 4.79 Å². The van der Waals surface area contributed by atoms with Crippen LogP contribution in [-0.2, 0) is 4.74 Å². The molecule has 0 N–H and O–H groups in total. The highest BCUT2D eigenvalue weighted by atomic mass is 79.9. The van der Waals surface area contributed by atoms with Crippen molar-refractivity contribution >= 4 is 43.1 Å². The van der Waals surface area contributed by atoms with Gasteiger partial charge in [0.25, 0.3) is 0 Å². The van der Waals surface area contributed by atoms with Crippen molar-refractivity contribution in [1.29, 1.82) is 0 Å². The van der Waals surface area contributed by atoms with Crippen LogP contribution in [0.15, 0.2) is 28.1 Å². The molecule has 2 aromatic rings. The second-order valence-electron chi connectivity index (χ2n) is 5.56. The molecule has 3 rings (SSSR count). The van der Waals surface area contributed by atoms with Crippen LogP contribution in [0, 0.1) is 11.8 Å². The number of halogens is 1. The maximum atomic E-state index is 12.9. The normalized spacial score (nSPS) is 30.0. The molecule has 0 bridgehead atoms. The number of rotatable bonds is 2. The summed E-state index contributed by atoms with van der Waals surface area (Å²) in [7, 11) is 0. The van der Waals surface area contributed by atoms with E-state index in [0.29, 0.717) is 0 Å². The van der Waals surface area contributed by atoms with Gasteiger partial charge < -0.3 is 4.74 Å². The topological polar surface area (TPSA) is 26.3 Å². The van der Waals surface area contributed by atoms with Gasteiger partial charge in [-0.15, -0.1) is 11.3 Å². The molecule has 0 aliphatic carbocycles. The number of fused-ring (bicyclic) bond motifs is 1. The largest absolute Gasteiger partial charge is 0.374 e. The highest BCUT2D eigenvalue weighted by Crippen LogP contribution is 2.38. The third-order valence-electron chi connectivity index (χ3n) is 4.36. The summed E-state index contributed by atoms with van der Waals surface area (Å²) < 4.78 is 8.01. The number of carbonyl (C=O) groups excluding carboxylic acids is 1. The quantitative estimate of drug-likeness (QED) is 0.718. The molecule has 2 heterocycles. The van der Waals surface area contributed by atoms with Gasteiger partial charge in [0.1, 0.15) is 0 Å². The van der Waals surface area contributed by atoms with Crippen LogP contribution < -0.4 is 0 Å². The lowest BCUT2D eigenvalue weighted by Crippen LogP contribution is -2.26. The van der Waals surface area contributed by atoms with E-state index in [0.717, 1.165) is 20.1 Å². The van der Waals surface area contributed by atoms with Crippen LogP contribution in [0.4, 0.5) is 0 Å². The number of ether oxygens (including phenoxy) is 1. The molecule has 1 aromatic heterocycles. The molecule has 0 spiro atoms. The van der Waals surface area contributed by atoms with Gasteiger partial charge in [0.05, 0.1) is 18.1 Å². The molecule has 106 valence electrons. The number of carbonyl (C=O) groups is 1. The van der Waals surface area contributed by atoms with Gasteiger partial charge in [0.2, 0.25) is 0 Å². The molecule has 0 saturated carbocycles. The van der Waals surface area contributed by atoms with E-state index in [1.165, 1.54) is 0 Å². The predicted molar refractivity (Wildman–Crippen MR) is 86.5 cm³/mol. The molecule has 4 unspecified atom stereocenters. The number of thiophene rings is 1. The highest BCUT2D eigenvalue weighted by Gasteiger charge is 2.42. The van der Waals surface area contributed by atoms with Crippen molar-refractivity contribution in [2.24, 2.45) is 11.8 Å². The molecule has 1 aromatic carbocycles. The van der Waals surface area contributed by atoms with Gasteiger partial charge >= 0.3 is 0 Å². The number of benzene rings is 1. The van der Waals surface area contributed by atoms with E-state index in [1.807, 2.05) is 30.5 Å². The van der Waals surface area contributed by atoms with Crippen molar-refractivity contribution in [3.63, 3.8) is 0 Å². The van der Waals surface area contributed by atoms with Gasteiger partial charge in [0.15, 0.2) is 5.78 Å². The van der Waals surface area contributed by atoms with Crippen molar-refractivity contribution in [3.05, 3.63) is 33.6 Å². The molecule has 1 aliphatic rings. The third-order valence-corrected chi connectivity index (χ3v) is 6.31. The van der Waals surface area contributed by atoms with Crippen LogP contribution in [-0.4, -0.2) is 18.0 Å². The zero-order valence-electron chi connectivity index (χ0n) is 11.7. The first-order valence-electron chi connectivity index (χ1n) is 6.86. The fourth-order valence-corrected chi connectivity index (χ4v) is 4.72. The average Bonchev–Trinajstić information content (AvgIpc) is 2.93. The number of ketones is 1. The number of Topliss-reactive ketones (excluding diaryl/α,β-unsaturated/α-hetero) is 1. The summed E-state index contributed by atoms with van der Waals surface area (Å²) in [5.41, 5.74) is 0.840. The fourth-order valence-electron chi connectivity index (χ4n) is 3.11. The second kappa shape index (κ2) is 5.24. The Kier molecular flexibility index (Phi) is 3.73. The van der Waals surface area contributed by atoms with Crippen LogP contribution in [0.3, 0.4) is 0 Å². The highest BCUT2D eigenvalue weighted by molar-refractivity contribution is 9.10. The Morgan fingerprint density at radius 2 is 2.00 bits per heavy atom. The smallest absolute Gasteiger partial charge is 0.170 e. The molecule has 20 heavy (non-hydrogen) atoms. The number of hydrogen-bond donors (Lipinski definition) is 0. The van der Waals surface area contributed by atoms with Crippen molar-refractivity contribution in [2.75, 3.05) is 0 Å². The Balaban J connectivity index is 2.03. The summed E-state index contributed by atoms with van der Waals surface area (Å²) in [5, 5.41) is 3.04. The van der Waals surface area contributed by atoms with Crippen LogP contribution in [0.2, 0.25) is 0 Å². The maximum absolute atomic E-state index is 12.9. The summed E-state index contributed by atoms with van der Waals surface area (Å²) in [5.74, 6) is 0.445. The van der Waals surface area contributed by atoms with Crippen LogP contribution in [0.25, 0.3) is 10.1 Å². The van der Waals surface area contributed by atoms with Crippen molar-refractivity contribution in [1.82, 2.24) is 0 Å². The van der Waals surface area contributed by atoms with Gasteiger partial charge in [-0.25, -0.2) is 0 Å². The molecule has 1 aliphatic heterocycles. The molecule has 4 heteroatoms. The zero-order valence-corrected chi connectivity index (χ0v) is 14.1. The third kappa shape index (κ3) is 2.14. The molecule has 1 saturated heterocycles. The zero-order chi connectivity index (χ0) is 14.4. The second-order valence-corrected chi connectivity index (χ2v) is 7.30. The minimum absolute atomic E-state index is 0.00500. The van der Waals surface area contributed by atoms with Crippen molar-refractivity contribution in [2.45, 2.75) is 33.0 Å². The van der Waals surface area contributed by atoms with Gasteiger partial charge in [-0.2, -0.15) is 0 Å². The SMILES string of the molecule is CC1OC(C)C(C(=O)c2csc3c(Br)cccc23)C1C. The lowest BCUT2D eigenvalue weighted by atomic mass is 9.83. The van der Waals surface area contributed by atoms with Crippen LogP contribution in [0.1, 0.15) is 31.1 Å². The Hall–Kier alpha value is -0.710. The molecule has 4 atom stereocenters. The Morgan fingerprint density at radius 3 is 2.65 bits per heavy atom. The van der Waals surface area contributed by atoms with Crippen LogP contribution in [0.5, 0.6) is 0 Å². The Labute approximate surface area is 131 Å². The average molecular weight is 353 g/mol. The Bertz CT molecular complexity index is 664. The minimum Gasteiger partial charge on any atom is -0.374 e. The summed E-state index contributed by atoms with van der Waals surface area (Å²) in [6.07, 6.45) is 0.144. The summed E-state index contributed by atoms with van der Waals surface area (Å²) in [6.45, 7) is 6.17. The summed E-state index contributed by atoms with van der Waals surface area (Å²) in [6, 6.07) is 6.02. The molecule has 2 nitrogen and oxygen atoms in total. The molecular weight excluding hydrogens is 336 g/mol. The first-order chi connectivity index (χ1) is 9.50. The Morgan fingerprint density at radius 1 is 1.25 bits per heavy atom. The maximum Gasteiger partial charge on any atom is 0.170 e. The molecule has 1 fully saturated rings. The van der Waals surface area contributed by atoms with E-state index < -0.39 is 0 Å². The van der Waals surface area contributed by atoms with Gasteiger partial charge in [0, 0.05) is 25.5 Å². The van der Waals surface area contributed by atoms with Gasteiger partial charge in [-0.1, -0.05) is 19.1 Å². The standard InChI is InChI=1S/C16H17BrO2S/c1-8-9(2)19-10(3)14(8)15(18)12-7-20-16-11(12)5-4-6-13(16)17/h4-10,14H,1-3H3. The molecule has 0 radical (unpaired) electrons. The van der Waals surface area contributed by atoms with E-state index in [-0.39, 0.29) is 29.8 Å². The van der Waals surface area contributed by atoms with Gasteiger partial charge in [-0.3, -0.25) is 4.79 Å². The first kappa shape index (κ1) is 14.2. The van der Waals surface area contributed by atoms with Crippen molar-refractivity contribution in [3.8, 4) is 0 Å². The van der Waals surface area contributed by atoms with E-state index in [1.54, 1.807) is 11.3 Å². The molecular formula is C16H17BrO2S. The van der Waals surface area contributed by atoms with E-state index >= 15 is 0 Å². The summed E-state index contributed by atoms with van der Waals surface area (Å²) in [4.78, 5) is 12.9.